The standard InChI is InChI=1S/C53H91NO7/c1-6-8-10-12-14-16-18-20-22-24-26-28-29-31-33-35-37-39-41-43-51(55)60-48-49(47-59-46-45-50(53(57)58)54(3,4)5)61-52(56)44-42-40-38-36-34-32-30-27-25-23-21-19-17-15-13-11-9-7-2/h8,10,14,16,20,22,26,28,31,33,37,39,49-50H,6-7,9,11-13,15,17-19,21,23-25,27,29-30,32,34-36,38,40-48H2,1-5H3/p+1/b10-8+,16-14+,22-20+,28-26+,33-31+,39-37+. The van der Waals surface area contributed by atoms with Crippen LogP contribution in [0, 0.1) is 0 Å². The first-order chi connectivity index (χ1) is 29.6. The number of esters is 2. The summed E-state index contributed by atoms with van der Waals surface area (Å²) in [5, 5.41) is 9.64. The molecule has 0 aromatic rings. The van der Waals surface area contributed by atoms with E-state index in [9.17, 15) is 19.5 Å². The minimum atomic E-state index is -0.885. The lowest BCUT2D eigenvalue weighted by atomic mass is 10.0. The highest BCUT2D eigenvalue weighted by atomic mass is 16.6. The summed E-state index contributed by atoms with van der Waals surface area (Å²) in [6.07, 6.45) is 55.3. The van der Waals surface area contributed by atoms with Crippen LogP contribution in [-0.2, 0) is 28.6 Å². The van der Waals surface area contributed by atoms with Crippen LogP contribution in [0.5, 0.6) is 0 Å². The van der Waals surface area contributed by atoms with Crippen molar-refractivity contribution in [3.63, 3.8) is 0 Å². The lowest BCUT2D eigenvalue weighted by Crippen LogP contribution is -2.50. The fraction of sp³-hybridized carbons (Fsp3) is 0.717. The van der Waals surface area contributed by atoms with E-state index in [-0.39, 0.29) is 42.7 Å². The van der Waals surface area contributed by atoms with Crippen LogP contribution < -0.4 is 0 Å². The highest BCUT2D eigenvalue weighted by Crippen LogP contribution is 2.15. The highest BCUT2D eigenvalue weighted by molar-refractivity contribution is 5.72. The van der Waals surface area contributed by atoms with Crippen molar-refractivity contribution in [1.82, 2.24) is 0 Å². The van der Waals surface area contributed by atoms with Crippen LogP contribution in [0.4, 0.5) is 0 Å². The molecular weight excluding hydrogens is 763 g/mol. The van der Waals surface area contributed by atoms with Gasteiger partial charge < -0.3 is 23.8 Å². The summed E-state index contributed by atoms with van der Waals surface area (Å²) >= 11 is 0. The number of likely N-dealkylation sites (N-methyl/N-ethyl adjacent to an activating group) is 1. The second-order valence-corrected chi connectivity index (χ2v) is 17.3. The number of rotatable bonds is 43. The molecule has 0 aliphatic carbocycles. The third-order valence-corrected chi connectivity index (χ3v) is 10.6. The third-order valence-electron chi connectivity index (χ3n) is 10.6. The van der Waals surface area contributed by atoms with Gasteiger partial charge in [0.1, 0.15) is 6.61 Å². The van der Waals surface area contributed by atoms with E-state index in [1.54, 1.807) is 0 Å². The number of carbonyl (C=O) groups excluding carboxylic acids is 2. The van der Waals surface area contributed by atoms with Gasteiger partial charge in [-0.05, 0) is 51.4 Å². The van der Waals surface area contributed by atoms with Crippen LogP contribution in [0.15, 0.2) is 72.9 Å². The van der Waals surface area contributed by atoms with Crippen LogP contribution in [0.1, 0.15) is 194 Å². The van der Waals surface area contributed by atoms with E-state index in [1.165, 1.54) is 96.3 Å². The number of nitrogens with zero attached hydrogens (tertiary/aromatic N) is 1. The summed E-state index contributed by atoms with van der Waals surface area (Å²) < 4.78 is 17.2. The molecule has 61 heavy (non-hydrogen) atoms. The Morgan fingerprint density at radius 2 is 0.918 bits per heavy atom. The lowest BCUT2D eigenvalue weighted by molar-refractivity contribution is -0.887. The van der Waals surface area contributed by atoms with E-state index in [2.05, 4.69) is 74.6 Å². The Hall–Kier alpha value is -3.23. The van der Waals surface area contributed by atoms with Crippen molar-refractivity contribution in [2.75, 3.05) is 41.0 Å². The average Bonchev–Trinajstić information content (AvgIpc) is 3.22. The number of hydrogen-bond acceptors (Lipinski definition) is 6. The fourth-order valence-corrected chi connectivity index (χ4v) is 6.88. The summed E-state index contributed by atoms with van der Waals surface area (Å²) in [5.41, 5.74) is 0. The van der Waals surface area contributed by atoms with Crippen molar-refractivity contribution in [1.29, 1.82) is 0 Å². The third kappa shape index (κ3) is 41.9. The monoisotopic (exact) mass is 855 g/mol. The molecule has 350 valence electrons. The second-order valence-electron chi connectivity index (χ2n) is 17.3. The SMILES string of the molecule is CC/C=C/C/C=C/C/C=C/C/C=C/C/C=C/C/C=C/CCC(=O)OCC(COCCC(C(=O)O)[N+](C)(C)C)OC(=O)CCCCCCCCCCCCCCCCCCCC. The number of carboxylic acid groups (broad SMARTS) is 1. The number of allylic oxidation sites excluding steroid dienone is 12. The molecule has 0 amide bonds. The molecule has 0 bridgehead atoms. The molecule has 0 fully saturated rings. The van der Waals surface area contributed by atoms with Gasteiger partial charge in [-0.15, -0.1) is 0 Å². The molecule has 0 spiro atoms. The quantitative estimate of drug-likeness (QED) is 0.0282. The van der Waals surface area contributed by atoms with Crippen LogP contribution >= 0.6 is 0 Å². The van der Waals surface area contributed by atoms with Gasteiger partial charge in [-0.25, -0.2) is 4.79 Å². The number of aliphatic carboxylic acids is 1. The molecule has 0 aliphatic heterocycles. The number of carbonyl (C=O) groups is 3. The summed E-state index contributed by atoms with van der Waals surface area (Å²) in [4.78, 5) is 37.1. The first-order valence-electron chi connectivity index (χ1n) is 24.5. The van der Waals surface area contributed by atoms with Gasteiger partial charge >= 0.3 is 17.9 Å². The summed E-state index contributed by atoms with van der Waals surface area (Å²) in [5.74, 6) is -1.57. The predicted octanol–water partition coefficient (Wildman–Crippen LogP) is 13.9. The number of unbranched alkanes of at least 4 members (excludes halogenated alkanes) is 17. The Kier molecular flexibility index (Phi) is 41.1. The van der Waals surface area contributed by atoms with E-state index in [0.717, 1.165) is 57.8 Å². The van der Waals surface area contributed by atoms with Crippen molar-refractivity contribution >= 4 is 17.9 Å². The van der Waals surface area contributed by atoms with Crippen LogP contribution in [0.3, 0.4) is 0 Å². The number of hydrogen-bond donors (Lipinski definition) is 1. The zero-order valence-electron chi connectivity index (χ0n) is 39.8. The van der Waals surface area contributed by atoms with E-state index in [1.807, 2.05) is 33.3 Å². The summed E-state index contributed by atoms with van der Waals surface area (Å²) in [6, 6.07) is -0.627. The molecule has 0 saturated carbocycles. The van der Waals surface area contributed by atoms with Crippen LogP contribution in [0.25, 0.3) is 0 Å². The predicted molar refractivity (Wildman–Crippen MR) is 257 cm³/mol. The molecular formula is C53H92NO7+. The van der Waals surface area contributed by atoms with Crippen molar-refractivity contribution < 1.29 is 38.2 Å². The second kappa shape index (κ2) is 43.4. The number of ether oxygens (including phenoxy) is 3. The molecule has 0 aromatic heterocycles. The Balaban J connectivity index is 4.39. The molecule has 0 heterocycles. The Morgan fingerprint density at radius 1 is 0.508 bits per heavy atom. The Morgan fingerprint density at radius 3 is 1.33 bits per heavy atom. The highest BCUT2D eigenvalue weighted by Gasteiger charge is 2.31. The average molecular weight is 855 g/mol. The van der Waals surface area contributed by atoms with Crippen molar-refractivity contribution in [2.45, 2.75) is 206 Å². The van der Waals surface area contributed by atoms with Gasteiger partial charge in [0.05, 0.1) is 34.4 Å². The van der Waals surface area contributed by atoms with Crippen molar-refractivity contribution in [3.05, 3.63) is 72.9 Å². The first kappa shape index (κ1) is 57.8. The van der Waals surface area contributed by atoms with Crippen molar-refractivity contribution in [3.8, 4) is 0 Å². The molecule has 1 N–H and O–H groups in total. The van der Waals surface area contributed by atoms with E-state index < -0.39 is 18.1 Å². The molecule has 8 nitrogen and oxygen atoms in total. The summed E-state index contributed by atoms with van der Waals surface area (Å²) in [7, 11) is 5.51. The summed E-state index contributed by atoms with van der Waals surface area (Å²) in [6.45, 7) is 4.56. The molecule has 0 rings (SSSR count). The smallest absolute Gasteiger partial charge is 0.362 e. The minimum Gasteiger partial charge on any atom is -0.477 e. The fourth-order valence-electron chi connectivity index (χ4n) is 6.88. The number of carboxylic acids is 1. The van der Waals surface area contributed by atoms with Gasteiger partial charge in [-0.1, -0.05) is 196 Å². The van der Waals surface area contributed by atoms with Gasteiger partial charge in [0.15, 0.2) is 12.1 Å². The Labute approximate surface area is 374 Å². The van der Waals surface area contributed by atoms with Crippen LogP contribution in [0.2, 0.25) is 0 Å². The molecule has 0 aromatic carbocycles. The van der Waals surface area contributed by atoms with E-state index in [4.69, 9.17) is 14.2 Å². The molecule has 0 aliphatic rings. The maximum Gasteiger partial charge on any atom is 0.362 e. The maximum absolute atomic E-state index is 12.8. The van der Waals surface area contributed by atoms with E-state index >= 15 is 0 Å². The van der Waals surface area contributed by atoms with Gasteiger partial charge in [-0.3, -0.25) is 9.59 Å². The number of quaternary nitrogens is 1. The zero-order chi connectivity index (χ0) is 44.9. The maximum atomic E-state index is 12.8. The van der Waals surface area contributed by atoms with Crippen molar-refractivity contribution in [2.24, 2.45) is 0 Å². The van der Waals surface area contributed by atoms with Crippen LogP contribution in [-0.4, -0.2) is 80.6 Å². The van der Waals surface area contributed by atoms with Gasteiger partial charge in [-0.2, -0.15) is 0 Å². The molecule has 2 atom stereocenters. The molecule has 8 heteroatoms. The zero-order valence-corrected chi connectivity index (χ0v) is 39.8. The van der Waals surface area contributed by atoms with E-state index in [0.29, 0.717) is 19.3 Å². The molecule has 0 radical (unpaired) electrons. The normalized spacial score (nSPS) is 13.5. The topological polar surface area (TPSA) is 99.1 Å². The van der Waals surface area contributed by atoms with Gasteiger partial charge in [0.2, 0.25) is 0 Å². The minimum absolute atomic E-state index is 0.0365. The molecule has 0 saturated heterocycles. The molecule has 2 unspecified atom stereocenters. The largest absolute Gasteiger partial charge is 0.477 e. The lowest BCUT2D eigenvalue weighted by Gasteiger charge is -2.31. The van der Waals surface area contributed by atoms with Gasteiger partial charge in [0, 0.05) is 19.3 Å². The Bertz CT molecular complexity index is 1230. The van der Waals surface area contributed by atoms with Gasteiger partial charge in [0.25, 0.3) is 0 Å². The first-order valence-corrected chi connectivity index (χ1v) is 24.5.